The van der Waals surface area contributed by atoms with E-state index in [0.717, 1.165) is 0 Å². The van der Waals surface area contributed by atoms with Gasteiger partial charge in [0, 0.05) is 40.5 Å². The molecule has 0 amide bonds. The van der Waals surface area contributed by atoms with Gasteiger partial charge < -0.3 is 20.1 Å². The lowest BCUT2D eigenvalue weighted by molar-refractivity contribution is 0.190. The summed E-state index contributed by atoms with van der Waals surface area (Å²) in [6, 6.07) is 2.54. The predicted octanol–water partition coefficient (Wildman–Crippen LogP) is 1.91. The Bertz CT molecular complexity index is 393. The second-order valence-corrected chi connectivity index (χ2v) is 4.44. The summed E-state index contributed by atoms with van der Waals surface area (Å²) in [5, 5.41) is 0. The van der Waals surface area contributed by atoms with Gasteiger partial charge >= 0.3 is 0 Å². The summed E-state index contributed by atoms with van der Waals surface area (Å²) >= 11 is 0. The molecule has 0 saturated heterocycles. The number of methoxy groups -OCH3 is 2. The van der Waals surface area contributed by atoms with Gasteiger partial charge in [-0.1, -0.05) is 0 Å². The molecule has 114 valence electrons. The second-order valence-electron chi connectivity index (χ2n) is 4.44. The Morgan fingerprint density at radius 2 is 1.65 bits per heavy atom. The Labute approximate surface area is 118 Å². The van der Waals surface area contributed by atoms with Crippen LogP contribution in [0.1, 0.15) is 12.0 Å². The number of rotatable bonds is 9. The molecule has 0 atom stereocenters. The summed E-state index contributed by atoms with van der Waals surface area (Å²) < 4.78 is 38.1. The number of anilines is 1. The number of halogens is 2. The molecule has 0 spiro atoms. The standard InChI is InChI=1S/C14H22F2N2O2/c1-19-6-3-4-18(5-7-20-2)14-12(15)8-11(10-17)9-13(14)16/h8-9H,3-7,10,17H2,1-2H3. The van der Waals surface area contributed by atoms with Gasteiger partial charge in [0.2, 0.25) is 0 Å². The zero-order valence-corrected chi connectivity index (χ0v) is 12.0. The van der Waals surface area contributed by atoms with Crippen molar-refractivity contribution in [2.24, 2.45) is 5.73 Å². The highest BCUT2D eigenvalue weighted by molar-refractivity contribution is 5.50. The molecule has 0 heterocycles. The molecule has 0 aliphatic heterocycles. The molecule has 1 rings (SSSR count). The number of benzene rings is 1. The topological polar surface area (TPSA) is 47.7 Å². The van der Waals surface area contributed by atoms with Crippen LogP contribution in [0.25, 0.3) is 0 Å². The first-order chi connectivity index (χ1) is 9.63. The van der Waals surface area contributed by atoms with Gasteiger partial charge in [-0.05, 0) is 24.1 Å². The first-order valence-electron chi connectivity index (χ1n) is 6.54. The predicted molar refractivity (Wildman–Crippen MR) is 74.8 cm³/mol. The molecule has 0 fully saturated rings. The van der Waals surface area contributed by atoms with Crippen LogP contribution in [-0.2, 0) is 16.0 Å². The number of hydrogen-bond acceptors (Lipinski definition) is 4. The van der Waals surface area contributed by atoms with Crippen LogP contribution in [0.2, 0.25) is 0 Å². The van der Waals surface area contributed by atoms with Crippen LogP contribution in [0.15, 0.2) is 12.1 Å². The van der Waals surface area contributed by atoms with E-state index in [-0.39, 0.29) is 12.2 Å². The van der Waals surface area contributed by atoms with Crippen molar-refractivity contribution in [3.05, 3.63) is 29.3 Å². The van der Waals surface area contributed by atoms with Gasteiger partial charge in [0.1, 0.15) is 17.3 Å². The third kappa shape index (κ3) is 4.70. The van der Waals surface area contributed by atoms with Crippen molar-refractivity contribution in [1.82, 2.24) is 0 Å². The van der Waals surface area contributed by atoms with Crippen LogP contribution in [0, 0.1) is 11.6 Å². The lowest BCUT2D eigenvalue weighted by Gasteiger charge is -2.25. The summed E-state index contributed by atoms with van der Waals surface area (Å²) in [7, 11) is 3.15. The van der Waals surface area contributed by atoms with E-state index in [1.165, 1.54) is 12.1 Å². The van der Waals surface area contributed by atoms with E-state index in [4.69, 9.17) is 15.2 Å². The molecule has 4 nitrogen and oxygen atoms in total. The minimum atomic E-state index is -0.598. The van der Waals surface area contributed by atoms with Crippen LogP contribution >= 0.6 is 0 Å². The van der Waals surface area contributed by atoms with Crippen LogP contribution in [-0.4, -0.2) is 40.5 Å². The normalized spacial score (nSPS) is 10.8. The molecule has 0 bridgehead atoms. The molecule has 0 unspecified atom stereocenters. The van der Waals surface area contributed by atoms with E-state index >= 15 is 0 Å². The van der Waals surface area contributed by atoms with Crippen molar-refractivity contribution in [3.63, 3.8) is 0 Å². The number of ether oxygens (including phenoxy) is 2. The highest BCUT2D eigenvalue weighted by Gasteiger charge is 2.17. The Morgan fingerprint density at radius 3 is 2.15 bits per heavy atom. The Hall–Kier alpha value is -1.24. The molecule has 20 heavy (non-hydrogen) atoms. The van der Waals surface area contributed by atoms with Crippen LogP contribution < -0.4 is 10.6 Å². The number of nitrogens with two attached hydrogens (primary N) is 1. The fraction of sp³-hybridized carbons (Fsp3) is 0.571. The van der Waals surface area contributed by atoms with Gasteiger partial charge in [0.15, 0.2) is 0 Å². The highest BCUT2D eigenvalue weighted by Crippen LogP contribution is 2.25. The zero-order valence-electron chi connectivity index (χ0n) is 12.0. The monoisotopic (exact) mass is 288 g/mol. The fourth-order valence-corrected chi connectivity index (χ4v) is 1.97. The minimum absolute atomic E-state index is 0.0321. The van der Waals surface area contributed by atoms with Gasteiger partial charge in [-0.25, -0.2) is 8.78 Å². The molecule has 6 heteroatoms. The molecular weight excluding hydrogens is 266 g/mol. The average molecular weight is 288 g/mol. The lowest BCUT2D eigenvalue weighted by atomic mass is 10.1. The molecule has 0 saturated carbocycles. The van der Waals surface area contributed by atoms with Gasteiger partial charge in [0.25, 0.3) is 0 Å². The molecule has 0 aromatic heterocycles. The van der Waals surface area contributed by atoms with Gasteiger partial charge in [-0.3, -0.25) is 0 Å². The van der Waals surface area contributed by atoms with Gasteiger partial charge in [-0.2, -0.15) is 0 Å². The average Bonchev–Trinajstić information content (AvgIpc) is 2.43. The Balaban J connectivity index is 2.93. The molecule has 0 aliphatic carbocycles. The van der Waals surface area contributed by atoms with Crippen LogP contribution in [0.4, 0.5) is 14.5 Å². The summed E-state index contributed by atoms with van der Waals surface area (Å²) in [4.78, 5) is 1.63. The van der Waals surface area contributed by atoms with Crippen molar-refractivity contribution < 1.29 is 18.3 Å². The lowest BCUT2D eigenvalue weighted by Crippen LogP contribution is -2.30. The van der Waals surface area contributed by atoms with Crippen LogP contribution in [0.3, 0.4) is 0 Å². The van der Waals surface area contributed by atoms with Crippen molar-refractivity contribution in [1.29, 1.82) is 0 Å². The van der Waals surface area contributed by atoms with E-state index in [2.05, 4.69) is 0 Å². The third-order valence-corrected chi connectivity index (χ3v) is 2.97. The molecular formula is C14H22F2N2O2. The largest absolute Gasteiger partial charge is 0.385 e. The molecule has 1 aromatic rings. The maximum absolute atomic E-state index is 14.1. The Kier molecular flexibility index (Phi) is 7.43. The maximum atomic E-state index is 14.1. The summed E-state index contributed by atoms with van der Waals surface area (Å²) in [5.41, 5.74) is 5.81. The summed E-state index contributed by atoms with van der Waals surface area (Å²) in [6.45, 7) is 1.94. The van der Waals surface area contributed by atoms with E-state index in [1.54, 1.807) is 19.1 Å². The van der Waals surface area contributed by atoms with E-state index in [9.17, 15) is 8.78 Å². The smallest absolute Gasteiger partial charge is 0.149 e. The molecule has 0 aliphatic rings. The first-order valence-corrected chi connectivity index (χ1v) is 6.54. The Morgan fingerprint density at radius 1 is 1.05 bits per heavy atom. The SMILES string of the molecule is COCCCN(CCOC)c1c(F)cc(CN)cc1F. The molecule has 0 radical (unpaired) electrons. The summed E-state index contributed by atoms with van der Waals surface area (Å²) in [5.74, 6) is -1.20. The summed E-state index contributed by atoms with van der Waals surface area (Å²) in [6.07, 6.45) is 0.678. The van der Waals surface area contributed by atoms with Gasteiger partial charge in [-0.15, -0.1) is 0 Å². The van der Waals surface area contributed by atoms with E-state index in [1.807, 2.05) is 0 Å². The van der Waals surface area contributed by atoms with Gasteiger partial charge in [0.05, 0.1) is 6.61 Å². The van der Waals surface area contributed by atoms with Crippen molar-refractivity contribution in [3.8, 4) is 0 Å². The third-order valence-electron chi connectivity index (χ3n) is 2.97. The zero-order chi connectivity index (χ0) is 15.0. The first kappa shape index (κ1) is 16.8. The quantitative estimate of drug-likeness (QED) is 0.705. The van der Waals surface area contributed by atoms with Crippen molar-refractivity contribution in [2.45, 2.75) is 13.0 Å². The number of hydrogen-bond donors (Lipinski definition) is 1. The van der Waals surface area contributed by atoms with Crippen LogP contribution in [0.5, 0.6) is 0 Å². The highest BCUT2D eigenvalue weighted by atomic mass is 19.1. The van der Waals surface area contributed by atoms with E-state index < -0.39 is 11.6 Å². The number of nitrogens with zero attached hydrogens (tertiary/aromatic N) is 1. The van der Waals surface area contributed by atoms with Crippen molar-refractivity contribution >= 4 is 5.69 Å². The molecule has 2 N–H and O–H groups in total. The maximum Gasteiger partial charge on any atom is 0.149 e. The minimum Gasteiger partial charge on any atom is -0.385 e. The van der Waals surface area contributed by atoms with E-state index in [0.29, 0.717) is 38.3 Å². The van der Waals surface area contributed by atoms with Crippen molar-refractivity contribution in [2.75, 3.05) is 45.4 Å². The second kappa shape index (κ2) is 8.84. The fourth-order valence-electron chi connectivity index (χ4n) is 1.97. The molecule has 1 aromatic carbocycles.